The van der Waals surface area contributed by atoms with Crippen LogP contribution >= 0.6 is 0 Å². The Balaban J connectivity index is 1.14. The molecule has 3 heterocycles. The molecule has 2 aromatic heterocycles. The molecule has 158 valence electrons. The number of piperazine rings is 1. The van der Waals surface area contributed by atoms with Crippen LogP contribution in [0.1, 0.15) is 35.7 Å². The van der Waals surface area contributed by atoms with Gasteiger partial charge in [0.15, 0.2) is 0 Å². The van der Waals surface area contributed by atoms with E-state index in [1.54, 1.807) is 7.11 Å². The van der Waals surface area contributed by atoms with Gasteiger partial charge in [0.25, 0.3) is 0 Å². The van der Waals surface area contributed by atoms with Crippen LogP contribution < -0.4 is 4.74 Å². The summed E-state index contributed by atoms with van der Waals surface area (Å²) in [7, 11) is 1.65. The summed E-state index contributed by atoms with van der Waals surface area (Å²) in [6.45, 7) is 5.51. The number of nitrogens with zero attached hydrogens (tertiary/aromatic N) is 5. The molecule has 0 radical (unpaired) electrons. The molecule has 1 aromatic carbocycles. The van der Waals surface area contributed by atoms with Crippen LogP contribution in [-0.2, 0) is 25.9 Å². The van der Waals surface area contributed by atoms with E-state index >= 15 is 0 Å². The van der Waals surface area contributed by atoms with E-state index in [1.165, 1.54) is 18.4 Å². The smallest absolute Gasteiger partial charge is 0.241 e. The standard InChI is InChI=1S/C22H27N5O3/c1-28-17-8-6-16(7-9-17)22-23-21(30-25-22)15-27-12-10-26(11-13-27)14-19-18-4-2-3-5-20(18)29-24-19/h6-9H,2-5,10-15H2,1H3. The topological polar surface area (TPSA) is 80.7 Å². The number of hydrogen-bond donors (Lipinski definition) is 0. The number of benzene rings is 1. The summed E-state index contributed by atoms with van der Waals surface area (Å²) in [5.74, 6) is 3.19. The largest absolute Gasteiger partial charge is 0.497 e. The molecule has 1 saturated heterocycles. The van der Waals surface area contributed by atoms with Crippen LogP contribution in [0.25, 0.3) is 11.4 Å². The van der Waals surface area contributed by atoms with Gasteiger partial charge in [-0.3, -0.25) is 9.80 Å². The summed E-state index contributed by atoms with van der Waals surface area (Å²) >= 11 is 0. The van der Waals surface area contributed by atoms with Crippen molar-refractivity contribution in [1.29, 1.82) is 0 Å². The van der Waals surface area contributed by atoms with E-state index in [2.05, 4.69) is 25.1 Å². The lowest BCUT2D eigenvalue weighted by Crippen LogP contribution is -2.45. The molecule has 0 amide bonds. The van der Waals surface area contributed by atoms with Crippen molar-refractivity contribution in [3.8, 4) is 17.1 Å². The minimum atomic E-state index is 0.613. The molecule has 1 fully saturated rings. The highest BCUT2D eigenvalue weighted by Crippen LogP contribution is 2.25. The maximum absolute atomic E-state index is 5.56. The number of rotatable bonds is 6. The lowest BCUT2D eigenvalue weighted by Gasteiger charge is -2.33. The number of methoxy groups -OCH3 is 1. The molecule has 8 nitrogen and oxygen atoms in total. The van der Waals surface area contributed by atoms with E-state index in [-0.39, 0.29) is 0 Å². The Hall–Kier alpha value is -2.71. The van der Waals surface area contributed by atoms with Gasteiger partial charge in [-0.05, 0) is 43.5 Å². The molecule has 30 heavy (non-hydrogen) atoms. The summed E-state index contributed by atoms with van der Waals surface area (Å²) in [6.07, 6.45) is 4.62. The van der Waals surface area contributed by atoms with Crippen molar-refractivity contribution in [3.63, 3.8) is 0 Å². The Labute approximate surface area is 175 Å². The molecule has 0 unspecified atom stereocenters. The summed E-state index contributed by atoms with van der Waals surface area (Å²) in [5.41, 5.74) is 3.42. The molecule has 1 aliphatic carbocycles. The van der Waals surface area contributed by atoms with Gasteiger partial charge in [-0.15, -0.1) is 0 Å². The van der Waals surface area contributed by atoms with Crippen molar-refractivity contribution in [1.82, 2.24) is 25.1 Å². The van der Waals surface area contributed by atoms with Crippen molar-refractivity contribution in [2.75, 3.05) is 33.3 Å². The summed E-state index contributed by atoms with van der Waals surface area (Å²) in [5, 5.41) is 8.48. The average Bonchev–Trinajstić information content (AvgIpc) is 3.43. The predicted molar refractivity (Wildman–Crippen MR) is 110 cm³/mol. The zero-order valence-corrected chi connectivity index (χ0v) is 17.3. The zero-order chi connectivity index (χ0) is 20.3. The second kappa shape index (κ2) is 8.57. The minimum Gasteiger partial charge on any atom is -0.497 e. The molecule has 2 aliphatic rings. The Bertz CT molecular complexity index is 973. The molecule has 0 bridgehead atoms. The van der Waals surface area contributed by atoms with Crippen molar-refractivity contribution in [2.45, 2.75) is 38.8 Å². The van der Waals surface area contributed by atoms with E-state index in [0.717, 1.165) is 68.3 Å². The minimum absolute atomic E-state index is 0.613. The Morgan fingerprint density at radius 1 is 0.900 bits per heavy atom. The zero-order valence-electron chi connectivity index (χ0n) is 17.3. The molecule has 0 spiro atoms. The third-order valence-electron chi connectivity index (χ3n) is 6.05. The predicted octanol–water partition coefficient (Wildman–Crippen LogP) is 2.93. The van der Waals surface area contributed by atoms with Gasteiger partial charge in [-0.25, -0.2) is 0 Å². The molecule has 8 heteroatoms. The van der Waals surface area contributed by atoms with Crippen LogP contribution in [0.2, 0.25) is 0 Å². The van der Waals surface area contributed by atoms with E-state index < -0.39 is 0 Å². The van der Waals surface area contributed by atoms with Gasteiger partial charge in [0, 0.05) is 50.3 Å². The van der Waals surface area contributed by atoms with Gasteiger partial charge < -0.3 is 13.8 Å². The maximum Gasteiger partial charge on any atom is 0.241 e. The monoisotopic (exact) mass is 409 g/mol. The number of ether oxygens (including phenoxy) is 1. The SMILES string of the molecule is COc1ccc(-c2noc(CN3CCN(Cc4noc5c4CCCC5)CC3)n2)cc1. The highest BCUT2D eigenvalue weighted by molar-refractivity contribution is 5.55. The van der Waals surface area contributed by atoms with Crippen molar-refractivity contribution >= 4 is 0 Å². The molecular weight excluding hydrogens is 382 g/mol. The molecule has 5 rings (SSSR count). The number of hydrogen-bond acceptors (Lipinski definition) is 8. The summed E-state index contributed by atoms with van der Waals surface area (Å²) < 4.78 is 16.2. The van der Waals surface area contributed by atoms with Gasteiger partial charge in [-0.1, -0.05) is 10.3 Å². The summed E-state index contributed by atoms with van der Waals surface area (Å²) in [4.78, 5) is 9.38. The third-order valence-corrected chi connectivity index (χ3v) is 6.05. The molecule has 0 N–H and O–H groups in total. The maximum atomic E-state index is 5.56. The van der Waals surface area contributed by atoms with Crippen LogP contribution in [0, 0.1) is 0 Å². The fourth-order valence-electron chi connectivity index (χ4n) is 4.26. The molecular formula is C22H27N5O3. The fourth-order valence-corrected chi connectivity index (χ4v) is 4.26. The third kappa shape index (κ3) is 4.11. The molecule has 0 atom stereocenters. The van der Waals surface area contributed by atoms with Crippen LogP contribution in [0.5, 0.6) is 5.75 Å². The molecule has 0 saturated carbocycles. The second-order valence-corrected chi connectivity index (χ2v) is 8.03. The van der Waals surface area contributed by atoms with Crippen molar-refractivity contribution < 1.29 is 13.8 Å². The highest BCUT2D eigenvalue weighted by Gasteiger charge is 2.24. The molecule has 3 aromatic rings. The van der Waals surface area contributed by atoms with Gasteiger partial charge in [0.2, 0.25) is 11.7 Å². The lowest BCUT2D eigenvalue weighted by molar-refractivity contribution is 0.110. The summed E-state index contributed by atoms with van der Waals surface area (Å²) in [6, 6.07) is 7.68. The first-order valence-corrected chi connectivity index (χ1v) is 10.7. The first-order chi connectivity index (χ1) is 14.8. The van der Waals surface area contributed by atoms with E-state index in [1.807, 2.05) is 24.3 Å². The number of fused-ring (bicyclic) bond motifs is 1. The second-order valence-electron chi connectivity index (χ2n) is 8.03. The van der Waals surface area contributed by atoms with Crippen molar-refractivity contribution in [2.24, 2.45) is 0 Å². The Morgan fingerprint density at radius 2 is 1.63 bits per heavy atom. The Morgan fingerprint density at radius 3 is 2.40 bits per heavy atom. The average molecular weight is 409 g/mol. The number of aromatic nitrogens is 3. The molecule has 1 aliphatic heterocycles. The van der Waals surface area contributed by atoms with Crippen LogP contribution in [0.4, 0.5) is 0 Å². The van der Waals surface area contributed by atoms with E-state index in [0.29, 0.717) is 18.3 Å². The first kappa shape index (κ1) is 19.3. The van der Waals surface area contributed by atoms with E-state index in [9.17, 15) is 0 Å². The van der Waals surface area contributed by atoms with E-state index in [4.69, 9.17) is 13.8 Å². The van der Waals surface area contributed by atoms with Gasteiger partial charge in [0.05, 0.1) is 13.7 Å². The Kier molecular flexibility index (Phi) is 5.50. The van der Waals surface area contributed by atoms with Crippen molar-refractivity contribution in [3.05, 3.63) is 47.2 Å². The van der Waals surface area contributed by atoms with Gasteiger partial charge >= 0.3 is 0 Å². The number of aryl methyl sites for hydroxylation is 1. The quantitative estimate of drug-likeness (QED) is 0.615. The lowest BCUT2D eigenvalue weighted by atomic mass is 9.96. The van der Waals surface area contributed by atoms with Gasteiger partial charge in [0.1, 0.15) is 17.2 Å². The first-order valence-electron chi connectivity index (χ1n) is 10.7. The van der Waals surface area contributed by atoms with Crippen LogP contribution in [0.3, 0.4) is 0 Å². The van der Waals surface area contributed by atoms with Crippen LogP contribution in [-0.4, -0.2) is 58.4 Å². The van der Waals surface area contributed by atoms with Gasteiger partial charge in [-0.2, -0.15) is 4.98 Å². The van der Waals surface area contributed by atoms with Crippen LogP contribution in [0.15, 0.2) is 33.3 Å². The normalized spacial score (nSPS) is 17.8. The fraction of sp³-hybridized carbons (Fsp3) is 0.500. The highest BCUT2D eigenvalue weighted by atomic mass is 16.5.